The Labute approximate surface area is 45.9 Å². The summed E-state index contributed by atoms with van der Waals surface area (Å²) in [7, 11) is 0. The lowest BCUT2D eigenvalue weighted by atomic mass is 10.1. The Kier molecular flexibility index (Phi) is 3.50. The average molecular weight is 95.2 g/mol. The van der Waals surface area contributed by atoms with Crippen molar-refractivity contribution in [2.75, 3.05) is 0 Å². The van der Waals surface area contributed by atoms with E-state index in [9.17, 15) is 0 Å². The van der Waals surface area contributed by atoms with E-state index in [4.69, 9.17) is 6.42 Å². The molecule has 7 heavy (non-hydrogen) atoms. The lowest BCUT2D eigenvalue weighted by Crippen LogP contribution is -1.88. The zero-order chi connectivity index (χ0) is 5.70. The van der Waals surface area contributed by atoms with E-state index in [2.05, 4.69) is 19.8 Å². The first-order chi connectivity index (χ1) is 3.35. The molecule has 0 spiro atoms. The maximum Gasteiger partial charge on any atom is 0.0207 e. The average Bonchev–Trinajstić information content (AvgIpc) is 1.72. The summed E-state index contributed by atoms with van der Waals surface area (Å²) in [5, 5.41) is 0. The van der Waals surface area contributed by atoms with Crippen molar-refractivity contribution in [3.05, 3.63) is 6.42 Å². The molecule has 0 unspecified atom stereocenters. The van der Waals surface area contributed by atoms with Gasteiger partial charge in [0, 0.05) is 5.92 Å². The van der Waals surface area contributed by atoms with Gasteiger partial charge in [-0.3, -0.25) is 0 Å². The van der Waals surface area contributed by atoms with E-state index in [0.717, 1.165) is 12.8 Å². The molecule has 0 saturated heterocycles. The lowest BCUT2D eigenvalue weighted by Gasteiger charge is -1.98. The third kappa shape index (κ3) is 2.28. The van der Waals surface area contributed by atoms with Crippen LogP contribution in [0.5, 0.6) is 0 Å². The molecule has 0 N–H and O–H groups in total. The lowest BCUT2D eigenvalue weighted by molar-refractivity contribution is 0.627. The van der Waals surface area contributed by atoms with Crippen LogP contribution in [0.25, 0.3) is 0 Å². The first-order valence-corrected chi connectivity index (χ1v) is 2.77. The summed E-state index contributed by atoms with van der Waals surface area (Å²) in [6.07, 6.45) is 8.82. The smallest absolute Gasteiger partial charge is 0.0207 e. The van der Waals surface area contributed by atoms with E-state index >= 15 is 0 Å². The third-order valence-electron chi connectivity index (χ3n) is 1.19. The van der Waals surface area contributed by atoms with Gasteiger partial charge in [0.15, 0.2) is 0 Å². The van der Waals surface area contributed by atoms with Crippen LogP contribution in [0.3, 0.4) is 0 Å². The van der Waals surface area contributed by atoms with Gasteiger partial charge in [0.25, 0.3) is 0 Å². The highest BCUT2D eigenvalue weighted by molar-refractivity contribution is 4.84. The maximum absolute atomic E-state index is 6.71. The minimum absolute atomic E-state index is 0.403. The van der Waals surface area contributed by atoms with Gasteiger partial charge in [0.1, 0.15) is 0 Å². The van der Waals surface area contributed by atoms with Crippen LogP contribution in [0.15, 0.2) is 0 Å². The normalized spacial score (nSPS) is 8.86. The molecule has 0 fully saturated rings. The van der Waals surface area contributed by atoms with Crippen LogP contribution in [0.1, 0.15) is 26.7 Å². The zero-order valence-electron chi connectivity index (χ0n) is 4.99. The predicted octanol–water partition coefficient (Wildman–Crippen LogP) is 2.01. The Morgan fingerprint density at radius 2 is 1.86 bits per heavy atom. The Morgan fingerprint density at radius 3 is 1.86 bits per heavy atom. The first kappa shape index (κ1) is 6.56. The quantitative estimate of drug-likeness (QED) is 0.460. The second-order valence-electron chi connectivity index (χ2n) is 1.66. The van der Waals surface area contributed by atoms with Gasteiger partial charge in [-0.2, -0.15) is 0 Å². The topological polar surface area (TPSA) is 0 Å². The molecular formula is C7H11. The van der Waals surface area contributed by atoms with Crippen molar-refractivity contribution >= 4 is 0 Å². The van der Waals surface area contributed by atoms with E-state index in [1.54, 1.807) is 0 Å². The first-order valence-electron chi connectivity index (χ1n) is 2.77. The largest absolute Gasteiger partial charge is 0.0857 e. The third-order valence-corrected chi connectivity index (χ3v) is 1.19. The Morgan fingerprint density at radius 1 is 1.43 bits per heavy atom. The van der Waals surface area contributed by atoms with Crippen molar-refractivity contribution in [2.24, 2.45) is 5.92 Å². The Hall–Kier alpha value is -0.440. The summed E-state index contributed by atoms with van der Waals surface area (Å²) in [6.45, 7) is 4.16. The van der Waals surface area contributed by atoms with Crippen LogP contribution in [0, 0.1) is 18.3 Å². The molecule has 0 bridgehead atoms. The molecule has 0 aromatic rings. The second-order valence-corrected chi connectivity index (χ2v) is 1.66. The van der Waals surface area contributed by atoms with E-state index in [1.807, 2.05) is 0 Å². The molecule has 0 atom stereocenters. The zero-order valence-corrected chi connectivity index (χ0v) is 4.99. The fourth-order valence-corrected chi connectivity index (χ4v) is 0.493. The minimum Gasteiger partial charge on any atom is -0.0857 e. The monoisotopic (exact) mass is 95.1 g/mol. The molecule has 0 heterocycles. The molecule has 0 aromatic carbocycles. The molecule has 0 nitrogen and oxygen atoms in total. The minimum atomic E-state index is 0.403. The van der Waals surface area contributed by atoms with E-state index in [0.29, 0.717) is 5.92 Å². The van der Waals surface area contributed by atoms with Crippen LogP contribution in [-0.4, -0.2) is 0 Å². The van der Waals surface area contributed by atoms with Gasteiger partial charge in [-0.1, -0.05) is 19.8 Å². The van der Waals surface area contributed by atoms with Crippen molar-refractivity contribution in [1.82, 2.24) is 0 Å². The molecule has 0 saturated carbocycles. The van der Waals surface area contributed by atoms with Crippen molar-refractivity contribution in [3.63, 3.8) is 0 Å². The summed E-state index contributed by atoms with van der Waals surface area (Å²) in [4.78, 5) is 0. The molecule has 0 amide bonds. The summed E-state index contributed by atoms with van der Waals surface area (Å²) in [6, 6.07) is 0. The van der Waals surface area contributed by atoms with Gasteiger partial charge in [0.05, 0.1) is 0 Å². The standard InChI is InChI=1S/C7H11/c1-4-7(5-2)6-3/h7H,4-5H2,1-2H3. The molecule has 0 aliphatic rings. The molecule has 0 aliphatic carbocycles. The highest BCUT2D eigenvalue weighted by Crippen LogP contribution is 2.03. The maximum atomic E-state index is 6.71. The molecule has 0 aliphatic heterocycles. The molecule has 0 rings (SSSR count). The number of hydrogen-bond acceptors (Lipinski definition) is 0. The van der Waals surface area contributed by atoms with Gasteiger partial charge < -0.3 is 0 Å². The van der Waals surface area contributed by atoms with E-state index in [1.165, 1.54) is 0 Å². The summed E-state index contributed by atoms with van der Waals surface area (Å²) < 4.78 is 0. The van der Waals surface area contributed by atoms with Gasteiger partial charge >= 0.3 is 0 Å². The van der Waals surface area contributed by atoms with Crippen LogP contribution in [0.2, 0.25) is 0 Å². The number of hydrogen-bond donors (Lipinski definition) is 0. The molecular weight excluding hydrogens is 84.1 g/mol. The van der Waals surface area contributed by atoms with E-state index < -0.39 is 0 Å². The van der Waals surface area contributed by atoms with Crippen molar-refractivity contribution in [3.8, 4) is 5.92 Å². The highest BCUT2D eigenvalue weighted by Gasteiger charge is 1.93. The molecule has 0 aromatic heterocycles. The van der Waals surface area contributed by atoms with Crippen LogP contribution < -0.4 is 0 Å². The molecule has 1 radical (unpaired) electrons. The van der Waals surface area contributed by atoms with Gasteiger partial charge in [-0.05, 0) is 19.3 Å². The SMILES string of the molecule is [C]#CC(CC)CC. The fourth-order valence-electron chi connectivity index (χ4n) is 0.493. The summed E-state index contributed by atoms with van der Waals surface area (Å²) >= 11 is 0. The van der Waals surface area contributed by atoms with Crippen molar-refractivity contribution in [2.45, 2.75) is 26.7 Å². The van der Waals surface area contributed by atoms with Gasteiger partial charge in [-0.15, -0.1) is 0 Å². The predicted molar refractivity (Wildman–Crippen MR) is 31.2 cm³/mol. The molecule has 39 valence electrons. The Balaban J connectivity index is 3.23. The fraction of sp³-hybridized carbons (Fsp3) is 0.714. The van der Waals surface area contributed by atoms with Crippen LogP contribution >= 0.6 is 0 Å². The van der Waals surface area contributed by atoms with Gasteiger partial charge in [-0.25, -0.2) is 0 Å². The van der Waals surface area contributed by atoms with Crippen molar-refractivity contribution in [1.29, 1.82) is 0 Å². The van der Waals surface area contributed by atoms with E-state index in [-0.39, 0.29) is 0 Å². The van der Waals surface area contributed by atoms with Crippen molar-refractivity contribution < 1.29 is 0 Å². The second kappa shape index (κ2) is 3.74. The molecule has 0 heteroatoms. The highest BCUT2D eigenvalue weighted by atomic mass is 14.0. The number of rotatable bonds is 2. The van der Waals surface area contributed by atoms with Crippen LogP contribution in [-0.2, 0) is 0 Å². The Bertz CT molecular complexity index is 62.6. The summed E-state index contributed by atoms with van der Waals surface area (Å²) in [5.41, 5.74) is 0. The van der Waals surface area contributed by atoms with Crippen LogP contribution in [0.4, 0.5) is 0 Å². The summed E-state index contributed by atoms with van der Waals surface area (Å²) in [5.74, 6) is 2.85. The van der Waals surface area contributed by atoms with Gasteiger partial charge in [0.2, 0.25) is 0 Å².